The Hall–Kier alpha value is -1.88. The molecule has 0 aliphatic carbocycles. The minimum absolute atomic E-state index is 0.505. The van der Waals surface area contributed by atoms with Crippen LogP contribution in [-0.4, -0.2) is 29.9 Å². The SMILES string of the molecule is COc1cccc(-c2nnc(CCCNC(C)C)o2)c1. The molecule has 0 atom stereocenters. The van der Waals surface area contributed by atoms with E-state index in [1.807, 2.05) is 24.3 Å². The first-order chi connectivity index (χ1) is 9.69. The van der Waals surface area contributed by atoms with Crippen LogP contribution in [0.25, 0.3) is 11.5 Å². The van der Waals surface area contributed by atoms with Gasteiger partial charge in [-0.25, -0.2) is 0 Å². The quantitative estimate of drug-likeness (QED) is 0.787. The highest BCUT2D eigenvalue weighted by atomic mass is 16.5. The fourth-order valence-corrected chi connectivity index (χ4v) is 1.86. The van der Waals surface area contributed by atoms with Gasteiger partial charge in [-0.05, 0) is 31.2 Å². The molecule has 5 heteroatoms. The fourth-order valence-electron chi connectivity index (χ4n) is 1.86. The van der Waals surface area contributed by atoms with E-state index in [1.54, 1.807) is 7.11 Å². The maximum absolute atomic E-state index is 5.67. The molecule has 0 fully saturated rings. The molecule has 1 aromatic carbocycles. The van der Waals surface area contributed by atoms with Crippen LogP contribution in [0.1, 0.15) is 26.2 Å². The predicted octanol–water partition coefficient (Wildman–Crippen LogP) is 2.68. The van der Waals surface area contributed by atoms with Gasteiger partial charge in [-0.1, -0.05) is 19.9 Å². The molecule has 0 amide bonds. The molecule has 20 heavy (non-hydrogen) atoms. The van der Waals surface area contributed by atoms with Gasteiger partial charge in [0.2, 0.25) is 11.8 Å². The monoisotopic (exact) mass is 275 g/mol. The van der Waals surface area contributed by atoms with E-state index in [-0.39, 0.29) is 0 Å². The number of hydrogen-bond donors (Lipinski definition) is 1. The smallest absolute Gasteiger partial charge is 0.247 e. The average molecular weight is 275 g/mol. The van der Waals surface area contributed by atoms with Crippen molar-refractivity contribution in [3.8, 4) is 17.2 Å². The zero-order valence-corrected chi connectivity index (χ0v) is 12.2. The first kappa shape index (κ1) is 14.5. The molecular formula is C15H21N3O2. The zero-order chi connectivity index (χ0) is 14.4. The third kappa shape index (κ3) is 4.06. The number of rotatable bonds is 7. The van der Waals surface area contributed by atoms with E-state index in [2.05, 4.69) is 29.4 Å². The summed E-state index contributed by atoms with van der Waals surface area (Å²) >= 11 is 0. The Morgan fingerprint density at radius 1 is 1.30 bits per heavy atom. The third-order valence-electron chi connectivity index (χ3n) is 2.90. The lowest BCUT2D eigenvalue weighted by Crippen LogP contribution is -2.23. The van der Waals surface area contributed by atoms with Crippen molar-refractivity contribution in [3.63, 3.8) is 0 Å². The van der Waals surface area contributed by atoms with Crippen molar-refractivity contribution in [1.29, 1.82) is 0 Å². The van der Waals surface area contributed by atoms with Gasteiger partial charge in [-0.2, -0.15) is 0 Å². The largest absolute Gasteiger partial charge is 0.497 e. The lowest BCUT2D eigenvalue weighted by Gasteiger charge is -2.05. The molecule has 1 aromatic heterocycles. The van der Waals surface area contributed by atoms with Gasteiger partial charge in [0.25, 0.3) is 0 Å². The standard InChI is InChI=1S/C15H21N3O2/c1-11(2)16-9-5-8-14-17-18-15(20-14)12-6-4-7-13(10-12)19-3/h4,6-7,10-11,16H,5,8-9H2,1-3H3. The van der Waals surface area contributed by atoms with Crippen LogP contribution in [0.5, 0.6) is 5.75 Å². The second-order valence-electron chi connectivity index (χ2n) is 4.95. The van der Waals surface area contributed by atoms with Gasteiger partial charge in [0.05, 0.1) is 7.11 Å². The van der Waals surface area contributed by atoms with Crippen molar-refractivity contribution in [3.05, 3.63) is 30.2 Å². The van der Waals surface area contributed by atoms with Gasteiger partial charge in [0, 0.05) is 18.0 Å². The molecule has 0 aliphatic rings. The van der Waals surface area contributed by atoms with Crippen LogP contribution in [-0.2, 0) is 6.42 Å². The fraction of sp³-hybridized carbons (Fsp3) is 0.467. The number of ether oxygens (including phenoxy) is 1. The summed E-state index contributed by atoms with van der Waals surface area (Å²) < 4.78 is 10.9. The lowest BCUT2D eigenvalue weighted by molar-refractivity contribution is 0.414. The van der Waals surface area contributed by atoms with E-state index in [0.29, 0.717) is 17.8 Å². The summed E-state index contributed by atoms with van der Waals surface area (Å²) in [6.45, 7) is 5.22. The molecule has 0 radical (unpaired) electrons. The first-order valence-electron chi connectivity index (χ1n) is 6.89. The number of benzene rings is 1. The number of hydrogen-bond acceptors (Lipinski definition) is 5. The Labute approximate surface area is 119 Å². The van der Waals surface area contributed by atoms with E-state index in [9.17, 15) is 0 Å². The number of aryl methyl sites for hydroxylation is 1. The molecule has 108 valence electrons. The number of methoxy groups -OCH3 is 1. The minimum atomic E-state index is 0.505. The molecule has 2 rings (SSSR count). The summed E-state index contributed by atoms with van der Waals surface area (Å²) in [6, 6.07) is 8.12. The van der Waals surface area contributed by atoms with Crippen molar-refractivity contribution < 1.29 is 9.15 Å². The van der Waals surface area contributed by atoms with E-state index in [1.165, 1.54) is 0 Å². The highest BCUT2D eigenvalue weighted by Crippen LogP contribution is 2.22. The molecule has 1 heterocycles. The Balaban J connectivity index is 1.94. The molecule has 0 saturated carbocycles. The van der Waals surface area contributed by atoms with Crippen LogP contribution in [0.3, 0.4) is 0 Å². The van der Waals surface area contributed by atoms with Crippen molar-refractivity contribution in [1.82, 2.24) is 15.5 Å². The van der Waals surface area contributed by atoms with Gasteiger partial charge in [0.15, 0.2) is 0 Å². The maximum atomic E-state index is 5.67. The van der Waals surface area contributed by atoms with Crippen LogP contribution in [0.2, 0.25) is 0 Å². The summed E-state index contributed by atoms with van der Waals surface area (Å²) in [7, 11) is 1.64. The van der Waals surface area contributed by atoms with E-state index >= 15 is 0 Å². The summed E-state index contributed by atoms with van der Waals surface area (Å²) in [5.41, 5.74) is 0.878. The normalized spacial score (nSPS) is 11.0. The average Bonchev–Trinajstić information content (AvgIpc) is 2.92. The molecular weight excluding hydrogens is 254 g/mol. The topological polar surface area (TPSA) is 60.2 Å². The minimum Gasteiger partial charge on any atom is -0.497 e. The van der Waals surface area contributed by atoms with Crippen LogP contribution >= 0.6 is 0 Å². The maximum Gasteiger partial charge on any atom is 0.247 e. The third-order valence-corrected chi connectivity index (χ3v) is 2.90. The van der Waals surface area contributed by atoms with Crippen LogP contribution in [0.15, 0.2) is 28.7 Å². The molecule has 0 unspecified atom stereocenters. The second kappa shape index (κ2) is 7.05. The summed E-state index contributed by atoms with van der Waals surface area (Å²) in [5.74, 6) is 1.99. The molecule has 0 bridgehead atoms. The Bertz CT molecular complexity index is 537. The zero-order valence-electron chi connectivity index (χ0n) is 12.2. The van der Waals surface area contributed by atoms with Crippen molar-refractivity contribution in [2.45, 2.75) is 32.7 Å². The number of aromatic nitrogens is 2. The lowest BCUT2D eigenvalue weighted by atomic mass is 10.2. The van der Waals surface area contributed by atoms with E-state index < -0.39 is 0 Å². The van der Waals surface area contributed by atoms with Gasteiger partial charge in [-0.3, -0.25) is 0 Å². The van der Waals surface area contributed by atoms with Crippen LogP contribution in [0.4, 0.5) is 0 Å². The summed E-state index contributed by atoms with van der Waals surface area (Å²) in [4.78, 5) is 0. The van der Waals surface area contributed by atoms with Crippen LogP contribution in [0, 0.1) is 0 Å². The van der Waals surface area contributed by atoms with Crippen LogP contribution < -0.4 is 10.1 Å². The van der Waals surface area contributed by atoms with Gasteiger partial charge in [-0.15, -0.1) is 10.2 Å². The van der Waals surface area contributed by atoms with Crippen molar-refractivity contribution in [2.75, 3.05) is 13.7 Å². The highest BCUT2D eigenvalue weighted by Gasteiger charge is 2.09. The second-order valence-corrected chi connectivity index (χ2v) is 4.95. The molecule has 5 nitrogen and oxygen atoms in total. The molecule has 2 aromatic rings. The van der Waals surface area contributed by atoms with Gasteiger partial charge in [0.1, 0.15) is 5.75 Å². The Morgan fingerprint density at radius 2 is 2.15 bits per heavy atom. The summed E-state index contributed by atoms with van der Waals surface area (Å²) in [5, 5.41) is 11.5. The Kier molecular flexibility index (Phi) is 5.12. The van der Waals surface area contributed by atoms with Crippen molar-refractivity contribution >= 4 is 0 Å². The highest BCUT2D eigenvalue weighted by molar-refractivity contribution is 5.55. The predicted molar refractivity (Wildman–Crippen MR) is 77.7 cm³/mol. The van der Waals surface area contributed by atoms with Gasteiger partial charge >= 0.3 is 0 Å². The van der Waals surface area contributed by atoms with E-state index in [0.717, 1.165) is 30.7 Å². The molecule has 0 spiro atoms. The number of nitrogens with one attached hydrogen (secondary N) is 1. The molecule has 1 N–H and O–H groups in total. The summed E-state index contributed by atoms with van der Waals surface area (Å²) in [6.07, 6.45) is 1.77. The van der Waals surface area contributed by atoms with E-state index in [4.69, 9.17) is 9.15 Å². The van der Waals surface area contributed by atoms with Crippen molar-refractivity contribution in [2.24, 2.45) is 0 Å². The molecule has 0 saturated heterocycles. The van der Waals surface area contributed by atoms with Gasteiger partial charge < -0.3 is 14.5 Å². The Morgan fingerprint density at radius 3 is 2.90 bits per heavy atom. The first-order valence-corrected chi connectivity index (χ1v) is 6.89. The number of nitrogens with zero attached hydrogens (tertiary/aromatic N) is 2. The molecule has 0 aliphatic heterocycles.